The van der Waals surface area contributed by atoms with Crippen LogP contribution in [0, 0.1) is 5.92 Å². The Bertz CT molecular complexity index is 1230. The molecule has 0 aliphatic carbocycles. The molecule has 1 unspecified atom stereocenters. The van der Waals surface area contributed by atoms with Crippen LogP contribution in [0.4, 0.5) is 4.39 Å². The van der Waals surface area contributed by atoms with Crippen LogP contribution < -0.4 is 5.69 Å². The first kappa shape index (κ1) is 20.4. The van der Waals surface area contributed by atoms with E-state index in [0.29, 0.717) is 11.5 Å². The quantitative estimate of drug-likeness (QED) is 0.423. The highest BCUT2D eigenvalue weighted by molar-refractivity contribution is 5.78. The average Bonchev–Trinajstić information content (AvgIpc) is 3.26. The molecule has 1 N–H and O–H groups in total. The van der Waals surface area contributed by atoms with E-state index in [4.69, 9.17) is 4.98 Å². The smallest absolute Gasteiger partial charge is 0.330 e. The van der Waals surface area contributed by atoms with Gasteiger partial charge in [0.25, 0.3) is 0 Å². The molecule has 4 aromatic rings. The van der Waals surface area contributed by atoms with Gasteiger partial charge in [0, 0.05) is 6.04 Å². The van der Waals surface area contributed by atoms with Crippen molar-refractivity contribution in [3.05, 3.63) is 64.3 Å². The first-order valence-corrected chi connectivity index (χ1v) is 10.7. The molecule has 0 radical (unpaired) electrons. The van der Waals surface area contributed by atoms with E-state index < -0.39 is 6.67 Å². The fraction of sp³-hybridized carbons (Fsp3) is 0.417. The maximum absolute atomic E-state index is 13.5. The molecule has 2 aromatic carbocycles. The molecule has 5 nitrogen and oxygen atoms in total. The van der Waals surface area contributed by atoms with Gasteiger partial charge in [-0.1, -0.05) is 32.0 Å². The number of imidazole rings is 2. The molecule has 0 aliphatic rings. The van der Waals surface area contributed by atoms with E-state index in [1.807, 2.05) is 53.3 Å². The summed E-state index contributed by atoms with van der Waals surface area (Å²) in [5, 5.41) is 0. The molecule has 2 aromatic heterocycles. The van der Waals surface area contributed by atoms with Crippen molar-refractivity contribution in [1.82, 2.24) is 19.1 Å². The van der Waals surface area contributed by atoms with Gasteiger partial charge in [0.2, 0.25) is 0 Å². The second-order valence-corrected chi connectivity index (χ2v) is 8.70. The molecule has 1 atom stereocenters. The van der Waals surface area contributed by atoms with Crippen LogP contribution in [0.3, 0.4) is 0 Å². The number of halogens is 1. The Morgan fingerprint density at radius 1 is 1.00 bits per heavy atom. The van der Waals surface area contributed by atoms with Crippen LogP contribution in [0.1, 0.15) is 64.0 Å². The van der Waals surface area contributed by atoms with Crippen LogP contribution in [-0.2, 0) is 6.67 Å². The zero-order valence-corrected chi connectivity index (χ0v) is 18.0. The monoisotopic (exact) mass is 408 g/mol. The van der Waals surface area contributed by atoms with Crippen molar-refractivity contribution in [2.75, 3.05) is 0 Å². The van der Waals surface area contributed by atoms with Crippen molar-refractivity contribution in [2.45, 2.75) is 59.3 Å². The minimum Gasteiger partial charge on any atom is -0.340 e. The minimum absolute atomic E-state index is 0.0233. The summed E-state index contributed by atoms with van der Waals surface area (Å²) in [5.74, 6) is 1.25. The molecule has 0 aliphatic heterocycles. The van der Waals surface area contributed by atoms with Gasteiger partial charge in [0.1, 0.15) is 12.5 Å². The number of benzene rings is 2. The first-order valence-electron chi connectivity index (χ1n) is 10.7. The highest BCUT2D eigenvalue weighted by Gasteiger charge is 2.25. The standard InChI is InChI=1S/C24H29FN4O/c1-15(2)9-12-22(23-26-18-11-10-17(14-25)13-19(18)27-23)29-21-8-6-5-7-20(21)28(16(3)4)24(29)30/h5-8,10-11,13,15-16,22H,9,12,14H2,1-4H3,(H,26,27). The predicted octanol–water partition coefficient (Wildman–Crippen LogP) is 5.76. The third kappa shape index (κ3) is 3.55. The van der Waals surface area contributed by atoms with E-state index in [0.717, 1.165) is 40.7 Å². The van der Waals surface area contributed by atoms with Crippen LogP contribution in [0.2, 0.25) is 0 Å². The first-order chi connectivity index (χ1) is 14.4. The van der Waals surface area contributed by atoms with Crippen molar-refractivity contribution in [2.24, 2.45) is 5.92 Å². The van der Waals surface area contributed by atoms with E-state index in [-0.39, 0.29) is 17.8 Å². The summed E-state index contributed by atoms with van der Waals surface area (Å²) in [4.78, 5) is 21.7. The van der Waals surface area contributed by atoms with Gasteiger partial charge in [-0.2, -0.15) is 0 Å². The average molecular weight is 409 g/mol. The Labute approximate surface area is 175 Å². The molecule has 0 fully saturated rings. The Hall–Kier alpha value is -2.89. The summed E-state index contributed by atoms with van der Waals surface area (Å²) in [6.07, 6.45) is 1.75. The van der Waals surface area contributed by atoms with Gasteiger partial charge in [-0.15, -0.1) is 0 Å². The lowest BCUT2D eigenvalue weighted by atomic mass is 10.0. The number of hydrogen-bond donors (Lipinski definition) is 1. The van der Waals surface area contributed by atoms with Gasteiger partial charge in [-0.25, -0.2) is 14.2 Å². The van der Waals surface area contributed by atoms with Crippen molar-refractivity contribution in [3.8, 4) is 0 Å². The van der Waals surface area contributed by atoms with Gasteiger partial charge < -0.3 is 4.98 Å². The summed E-state index contributed by atoms with van der Waals surface area (Å²) >= 11 is 0. The lowest BCUT2D eigenvalue weighted by Gasteiger charge is -2.18. The number of alkyl halides is 1. The number of aromatic amines is 1. The normalized spacial score (nSPS) is 13.2. The molecule has 30 heavy (non-hydrogen) atoms. The predicted molar refractivity (Wildman–Crippen MR) is 120 cm³/mol. The van der Waals surface area contributed by atoms with Gasteiger partial charge in [-0.05, 0) is 62.4 Å². The number of nitrogens with zero attached hydrogens (tertiary/aromatic N) is 3. The lowest BCUT2D eigenvalue weighted by molar-refractivity contribution is 0.438. The van der Waals surface area contributed by atoms with E-state index in [2.05, 4.69) is 18.8 Å². The number of rotatable bonds is 7. The number of fused-ring (bicyclic) bond motifs is 2. The molecule has 6 heteroatoms. The number of aromatic nitrogens is 4. The van der Waals surface area contributed by atoms with Crippen molar-refractivity contribution in [1.29, 1.82) is 0 Å². The Morgan fingerprint density at radius 3 is 2.33 bits per heavy atom. The SMILES string of the molecule is CC(C)CCC(c1nc2cc(CF)ccc2[nH]1)n1c(=O)n(C(C)C)c2ccccc21. The van der Waals surface area contributed by atoms with Gasteiger partial charge in [0.15, 0.2) is 0 Å². The highest BCUT2D eigenvalue weighted by atomic mass is 19.1. The van der Waals surface area contributed by atoms with E-state index in [1.54, 1.807) is 12.1 Å². The number of hydrogen-bond acceptors (Lipinski definition) is 2. The summed E-state index contributed by atoms with van der Waals surface area (Å²) in [6.45, 7) is 7.91. The zero-order valence-electron chi connectivity index (χ0n) is 18.0. The van der Waals surface area contributed by atoms with Crippen LogP contribution in [0.5, 0.6) is 0 Å². The molecule has 0 saturated heterocycles. The topological polar surface area (TPSA) is 55.6 Å². The molecule has 2 heterocycles. The largest absolute Gasteiger partial charge is 0.340 e. The second kappa shape index (κ2) is 8.09. The molecule has 0 bridgehead atoms. The number of nitrogens with one attached hydrogen (secondary N) is 1. The van der Waals surface area contributed by atoms with Crippen LogP contribution >= 0.6 is 0 Å². The van der Waals surface area contributed by atoms with E-state index in [1.165, 1.54) is 0 Å². The molecular weight excluding hydrogens is 379 g/mol. The summed E-state index contributed by atoms with van der Waals surface area (Å²) in [6, 6.07) is 13.2. The number of para-hydroxylation sites is 2. The summed E-state index contributed by atoms with van der Waals surface area (Å²) in [7, 11) is 0. The maximum Gasteiger partial charge on any atom is 0.330 e. The lowest BCUT2D eigenvalue weighted by Crippen LogP contribution is -2.29. The van der Waals surface area contributed by atoms with Crippen LogP contribution in [0.15, 0.2) is 47.3 Å². The Morgan fingerprint density at radius 2 is 1.70 bits per heavy atom. The van der Waals surface area contributed by atoms with Crippen LogP contribution in [-0.4, -0.2) is 19.1 Å². The molecule has 0 amide bonds. The zero-order chi connectivity index (χ0) is 21.4. The fourth-order valence-corrected chi connectivity index (χ4v) is 4.19. The van der Waals surface area contributed by atoms with Gasteiger partial charge in [0.05, 0.1) is 28.1 Å². The number of H-pyrrole nitrogens is 1. The highest BCUT2D eigenvalue weighted by Crippen LogP contribution is 2.29. The molecule has 4 rings (SSSR count). The Balaban J connectivity index is 1.93. The summed E-state index contributed by atoms with van der Waals surface area (Å²) < 4.78 is 16.8. The van der Waals surface area contributed by atoms with Crippen LogP contribution in [0.25, 0.3) is 22.1 Å². The van der Waals surface area contributed by atoms with E-state index >= 15 is 0 Å². The summed E-state index contributed by atoms with van der Waals surface area (Å²) in [5.41, 5.74) is 4.02. The van der Waals surface area contributed by atoms with Gasteiger partial charge >= 0.3 is 5.69 Å². The third-order valence-corrected chi connectivity index (χ3v) is 5.69. The van der Waals surface area contributed by atoms with Gasteiger partial charge in [-0.3, -0.25) is 9.13 Å². The molecule has 158 valence electrons. The van der Waals surface area contributed by atoms with E-state index in [9.17, 15) is 9.18 Å². The molecule has 0 saturated carbocycles. The van der Waals surface area contributed by atoms with Crippen molar-refractivity contribution in [3.63, 3.8) is 0 Å². The maximum atomic E-state index is 13.5. The second-order valence-electron chi connectivity index (χ2n) is 8.70. The molecule has 0 spiro atoms. The Kier molecular flexibility index (Phi) is 5.50. The van der Waals surface area contributed by atoms with Crippen molar-refractivity contribution < 1.29 is 4.39 Å². The fourth-order valence-electron chi connectivity index (χ4n) is 4.19. The molecular formula is C24H29FN4O. The van der Waals surface area contributed by atoms with Crippen molar-refractivity contribution >= 4 is 22.1 Å². The third-order valence-electron chi connectivity index (χ3n) is 5.69. The minimum atomic E-state index is -0.518.